The van der Waals surface area contributed by atoms with Gasteiger partial charge in [0.15, 0.2) is 0 Å². The van der Waals surface area contributed by atoms with Crippen molar-refractivity contribution < 1.29 is 18.3 Å². The minimum Gasteiger partial charge on any atom is -0.495 e. The molecule has 0 radical (unpaired) electrons. The number of amides is 1. The number of carbonyl (C=O) groups excluding carboxylic acids is 1. The Labute approximate surface area is 117 Å². The zero-order valence-electron chi connectivity index (χ0n) is 11.7. The van der Waals surface area contributed by atoms with Crippen molar-refractivity contribution in [3.05, 3.63) is 23.8 Å². The van der Waals surface area contributed by atoms with Crippen LogP contribution >= 0.6 is 0 Å². The van der Waals surface area contributed by atoms with E-state index < -0.39 is 5.92 Å². The largest absolute Gasteiger partial charge is 0.495 e. The van der Waals surface area contributed by atoms with Crippen LogP contribution in [0.3, 0.4) is 0 Å². The number of rotatable bonds is 3. The highest BCUT2D eigenvalue weighted by molar-refractivity contribution is 5.94. The SMILES string of the molecule is COc1ccc(C)cc1NC(=O)C1CCC(F)(F)CC1. The molecular formula is C15H19F2NO2. The van der Waals surface area contributed by atoms with Crippen molar-refractivity contribution in [2.45, 2.75) is 38.5 Å². The Morgan fingerprint density at radius 1 is 1.35 bits per heavy atom. The van der Waals surface area contributed by atoms with Gasteiger partial charge >= 0.3 is 0 Å². The maximum atomic E-state index is 13.1. The Bertz CT molecular complexity index is 493. The van der Waals surface area contributed by atoms with E-state index in [9.17, 15) is 13.6 Å². The second kappa shape index (κ2) is 5.77. The molecule has 0 heterocycles. The lowest BCUT2D eigenvalue weighted by atomic mass is 9.86. The molecule has 1 fully saturated rings. The Kier molecular flexibility index (Phi) is 4.26. The van der Waals surface area contributed by atoms with Gasteiger partial charge in [-0.05, 0) is 37.5 Å². The number of ether oxygens (including phenoxy) is 1. The van der Waals surface area contributed by atoms with Gasteiger partial charge in [0.2, 0.25) is 11.8 Å². The van der Waals surface area contributed by atoms with Crippen LogP contribution in [0.15, 0.2) is 18.2 Å². The van der Waals surface area contributed by atoms with E-state index in [4.69, 9.17) is 4.74 Å². The maximum absolute atomic E-state index is 13.1. The minimum atomic E-state index is -2.61. The minimum absolute atomic E-state index is 0.204. The number of methoxy groups -OCH3 is 1. The van der Waals surface area contributed by atoms with Gasteiger partial charge in [-0.2, -0.15) is 0 Å². The molecule has 0 atom stereocenters. The van der Waals surface area contributed by atoms with E-state index in [0.717, 1.165) is 5.56 Å². The number of hydrogen-bond acceptors (Lipinski definition) is 2. The third-order valence-corrected chi connectivity index (χ3v) is 3.70. The number of hydrogen-bond donors (Lipinski definition) is 1. The van der Waals surface area contributed by atoms with Crippen molar-refractivity contribution in [1.29, 1.82) is 0 Å². The molecule has 1 aromatic carbocycles. The third kappa shape index (κ3) is 3.46. The van der Waals surface area contributed by atoms with Crippen LogP contribution in [0.25, 0.3) is 0 Å². The lowest BCUT2D eigenvalue weighted by molar-refractivity contribution is -0.124. The van der Waals surface area contributed by atoms with Crippen LogP contribution in [0, 0.1) is 12.8 Å². The van der Waals surface area contributed by atoms with Crippen LogP contribution in [-0.2, 0) is 4.79 Å². The molecule has 1 aromatic rings. The summed E-state index contributed by atoms with van der Waals surface area (Å²) in [5.74, 6) is -2.59. The standard InChI is InChI=1S/C15H19F2NO2/c1-10-3-4-13(20-2)12(9-10)18-14(19)11-5-7-15(16,17)8-6-11/h3-4,9,11H,5-8H2,1-2H3,(H,18,19). The van der Waals surface area contributed by atoms with Gasteiger partial charge < -0.3 is 10.1 Å². The number of anilines is 1. The smallest absolute Gasteiger partial charge is 0.248 e. The number of nitrogens with one attached hydrogen (secondary N) is 1. The molecule has 0 unspecified atom stereocenters. The molecule has 0 spiro atoms. The zero-order chi connectivity index (χ0) is 14.8. The van der Waals surface area contributed by atoms with E-state index in [0.29, 0.717) is 11.4 Å². The number of benzene rings is 1. The van der Waals surface area contributed by atoms with Crippen LogP contribution in [0.2, 0.25) is 0 Å². The Morgan fingerprint density at radius 2 is 2.00 bits per heavy atom. The first-order valence-electron chi connectivity index (χ1n) is 6.74. The number of alkyl halides is 2. The molecule has 0 saturated heterocycles. The number of aryl methyl sites for hydroxylation is 1. The maximum Gasteiger partial charge on any atom is 0.248 e. The van der Waals surface area contributed by atoms with E-state index in [1.165, 1.54) is 7.11 Å². The molecule has 1 saturated carbocycles. The molecule has 0 bridgehead atoms. The van der Waals surface area contributed by atoms with Gasteiger partial charge in [0.05, 0.1) is 12.8 Å². The van der Waals surface area contributed by atoms with E-state index in [1.54, 1.807) is 6.07 Å². The van der Waals surface area contributed by atoms with Gasteiger partial charge in [0, 0.05) is 18.8 Å². The Morgan fingerprint density at radius 3 is 2.60 bits per heavy atom. The van der Waals surface area contributed by atoms with E-state index >= 15 is 0 Å². The molecule has 1 N–H and O–H groups in total. The van der Waals surface area contributed by atoms with Crippen LogP contribution in [-0.4, -0.2) is 18.9 Å². The highest BCUT2D eigenvalue weighted by Gasteiger charge is 2.37. The van der Waals surface area contributed by atoms with Crippen LogP contribution < -0.4 is 10.1 Å². The van der Waals surface area contributed by atoms with Gasteiger partial charge in [-0.3, -0.25) is 4.79 Å². The molecule has 0 aliphatic heterocycles. The second-order valence-electron chi connectivity index (χ2n) is 5.32. The fraction of sp³-hybridized carbons (Fsp3) is 0.533. The van der Waals surface area contributed by atoms with E-state index in [-0.39, 0.29) is 37.5 Å². The van der Waals surface area contributed by atoms with Gasteiger partial charge in [-0.1, -0.05) is 6.07 Å². The van der Waals surface area contributed by atoms with Crippen molar-refractivity contribution in [2.75, 3.05) is 12.4 Å². The molecule has 1 aliphatic rings. The topological polar surface area (TPSA) is 38.3 Å². The third-order valence-electron chi connectivity index (χ3n) is 3.70. The Hall–Kier alpha value is -1.65. The lowest BCUT2D eigenvalue weighted by Gasteiger charge is -2.27. The van der Waals surface area contributed by atoms with Crippen molar-refractivity contribution >= 4 is 11.6 Å². The van der Waals surface area contributed by atoms with Crippen molar-refractivity contribution in [1.82, 2.24) is 0 Å². The molecule has 1 amide bonds. The summed E-state index contributed by atoms with van der Waals surface area (Å²) in [5.41, 5.74) is 1.59. The fourth-order valence-corrected chi connectivity index (χ4v) is 2.46. The monoisotopic (exact) mass is 283 g/mol. The fourth-order valence-electron chi connectivity index (χ4n) is 2.46. The summed E-state index contributed by atoms with van der Waals surface area (Å²) in [6, 6.07) is 5.48. The zero-order valence-corrected chi connectivity index (χ0v) is 11.7. The van der Waals surface area contributed by atoms with Gasteiger partial charge in [0.1, 0.15) is 5.75 Å². The van der Waals surface area contributed by atoms with Gasteiger partial charge in [-0.25, -0.2) is 8.78 Å². The van der Waals surface area contributed by atoms with Crippen LogP contribution in [0.4, 0.5) is 14.5 Å². The molecule has 110 valence electrons. The highest BCUT2D eigenvalue weighted by atomic mass is 19.3. The van der Waals surface area contributed by atoms with Gasteiger partial charge in [-0.15, -0.1) is 0 Å². The Balaban J connectivity index is 2.03. The summed E-state index contributed by atoms with van der Waals surface area (Å²) in [5, 5.41) is 2.79. The normalized spacial score (nSPS) is 18.6. The summed E-state index contributed by atoms with van der Waals surface area (Å²) in [6.07, 6.45) is 0.0337. The van der Waals surface area contributed by atoms with Crippen molar-refractivity contribution in [3.8, 4) is 5.75 Å². The first-order valence-corrected chi connectivity index (χ1v) is 6.74. The van der Waals surface area contributed by atoms with Gasteiger partial charge in [0.25, 0.3) is 0 Å². The first-order chi connectivity index (χ1) is 9.41. The molecule has 3 nitrogen and oxygen atoms in total. The molecule has 5 heteroatoms. The summed E-state index contributed by atoms with van der Waals surface area (Å²) in [7, 11) is 1.53. The van der Waals surface area contributed by atoms with Crippen LogP contribution in [0.5, 0.6) is 5.75 Å². The molecule has 20 heavy (non-hydrogen) atoms. The number of carbonyl (C=O) groups is 1. The summed E-state index contributed by atoms with van der Waals surface area (Å²) in [4.78, 5) is 12.1. The van der Waals surface area contributed by atoms with E-state index in [1.807, 2.05) is 19.1 Å². The molecular weight excluding hydrogens is 264 g/mol. The average Bonchev–Trinajstić information content (AvgIpc) is 2.38. The van der Waals surface area contributed by atoms with Crippen molar-refractivity contribution in [3.63, 3.8) is 0 Å². The summed E-state index contributed by atoms with van der Waals surface area (Å²) < 4.78 is 31.4. The predicted molar refractivity (Wildman–Crippen MR) is 73.3 cm³/mol. The lowest BCUT2D eigenvalue weighted by Crippen LogP contribution is -2.31. The second-order valence-corrected chi connectivity index (χ2v) is 5.32. The molecule has 0 aromatic heterocycles. The summed E-state index contributed by atoms with van der Waals surface area (Å²) in [6.45, 7) is 1.91. The number of halogens is 2. The highest BCUT2D eigenvalue weighted by Crippen LogP contribution is 2.37. The first kappa shape index (κ1) is 14.8. The van der Waals surface area contributed by atoms with Crippen LogP contribution in [0.1, 0.15) is 31.2 Å². The summed E-state index contributed by atoms with van der Waals surface area (Å²) >= 11 is 0. The molecule has 2 rings (SSSR count). The quantitative estimate of drug-likeness (QED) is 0.917. The van der Waals surface area contributed by atoms with Crippen molar-refractivity contribution in [2.24, 2.45) is 5.92 Å². The average molecular weight is 283 g/mol. The predicted octanol–water partition coefficient (Wildman–Crippen LogP) is 3.77. The van der Waals surface area contributed by atoms with E-state index in [2.05, 4.69) is 5.32 Å². The molecule has 1 aliphatic carbocycles.